The van der Waals surface area contributed by atoms with Crippen molar-refractivity contribution in [2.75, 3.05) is 26.2 Å². The maximum Gasteiger partial charge on any atom is 0.317 e. The fourth-order valence-corrected chi connectivity index (χ4v) is 3.80. The highest BCUT2D eigenvalue weighted by molar-refractivity contribution is 5.74. The third kappa shape index (κ3) is 5.80. The molecule has 150 valence electrons. The van der Waals surface area contributed by atoms with Crippen LogP contribution in [-0.2, 0) is 13.1 Å². The van der Waals surface area contributed by atoms with Gasteiger partial charge in [-0.2, -0.15) is 0 Å². The lowest BCUT2D eigenvalue weighted by Gasteiger charge is -2.23. The lowest BCUT2D eigenvalue weighted by molar-refractivity contribution is 0.192. The SMILES string of the molecule is CCCN(Cc1ccccn1)C(=O)NC[C@@H]1CCN(Cc2ccccc2C)C1. The van der Waals surface area contributed by atoms with Crippen LogP contribution in [0.2, 0.25) is 0 Å². The monoisotopic (exact) mass is 380 g/mol. The highest BCUT2D eigenvalue weighted by atomic mass is 16.2. The second-order valence-corrected chi connectivity index (χ2v) is 7.74. The van der Waals surface area contributed by atoms with E-state index in [0.717, 1.165) is 51.3 Å². The van der Waals surface area contributed by atoms with Gasteiger partial charge < -0.3 is 10.2 Å². The van der Waals surface area contributed by atoms with E-state index in [2.05, 4.69) is 53.3 Å². The number of aryl methyl sites for hydroxylation is 1. The van der Waals surface area contributed by atoms with E-state index in [0.29, 0.717) is 12.5 Å². The minimum absolute atomic E-state index is 0.0184. The van der Waals surface area contributed by atoms with Crippen LogP contribution in [0, 0.1) is 12.8 Å². The third-order valence-corrected chi connectivity index (χ3v) is 5.43. The molecule has 1 fully saturated rings. The molecule has 0 radical (unpaired) electrons. The zero-order chi connectivity index (χ0) is 19.8. The number of nitrogens with zero attached hydrogens (tertiary/aromatic N) is 3. The first kappa shape index (κ1) is 20.3. The number of carbonyl (C=O) groups excluding carboxylic acids is 1. The molecule has 1 N–H and O–H groups in total. The predicted molar refractivity (Wildman–Crippen MR) is 113 cm³/mol. The summed E-state index contributed by atoms with van der Waals surface area (Å²) < 4.78 is 0. The number of benzene rings is 1. The van der Waals surface area contributed by atoms with Crippen molar-refractivity contribution in [1.82, 2.24) is 20.1 Å². The maximum absolute atomic E-state index is 12.7. The molecule has 1 aromatic heterocycles. The maximum atomic E-state index is 12.7. The molecule has 0 spiro atoms. The molecule has 0 aliphatic carbocycles. The Morgan fingerprint density at radius 1 is 1.25 bits per heavy atom. The van der Waals surface area contributed by atoms with Gasteiger partial charge in [-0.05, 0) is 55.5 Å². The summed E-state index contributed by atoms with van der Waals surface area (Å²) in [7, 11) is 0. The summed E-state index contributed by atoms with van der Waals surface area (Å²) in [6.45, 7) is 9.46. The molecule has 5 heteroatoms. The zero-order valence-electron chi connectivity index (χ0n) is 17.1. The normalized spacial score (nSPS) is 16.9. The summed E-state index contributed by atoms with van der Waals surface area (Å²) in [5.41, 5.74) is 3.68. The van der Waals surface area contributed by atoms with Gasteiger partial charge in [0.25, 0.3) is 0 Å². The van der Waals surface area contributed by atoms with Gasteiger partial charge in [-0.1, -0.05) is 37.3 Å². The van der Waals surface area contributed by atoms with E-state index in [9.17, 15) is 4.79 Å². The first-order chi connectivity index (χ1) is 13.7. The van der Waals surface area contributed by atoms with Crippen LogP contribution in [-0.4, -0.2) is 47.0 Å². The number of hydrogen-bond acceptors (Lipinski definition) is 3. The van der Waals surface area contributed by atoms with E-state index in [1.54, 1.807) is 6.20 Å². The Kier molecular flexibility index (Phi) is 7.43. The molecular weight excluding hydrogens is 348 g/mol. The molecule has 2 amide bonds. The minimum Gasteiger partial charge on any atom is -0.338 e. The van der Waals surface area contributed by atoms with Crippen molar-refractivity contribution >= 4 is 6.03 Å². The number of likely N-dealkylation sites (tertiary alicyclic amines) is 1. The quantitative estimate of drug-likeness (QED) is 0.757. The highest BCUT2D eigenvalue weighted by Gasteiger charge is 2.24. The molecule has 0 saturated carbocycles. The van der Waals surface area contributed by atoms with Crippen LogP contribution in [0.4, 0.5) is 4.79 Å². The van der Waals surface area contributed by atoms with Crippen LogP contribution in [0.15, 0.2) is 48.7 Å². The topological polar surface area (TPSA) is 48.5 Å². The highest BCUT2D eigenvalue weighted by Crippen LogP contribution is 2.19. The van der Waals surface area contributed by atoms with Crippen molar-refractivity contribution in [3.05, 3.63) is 65.5 Å². The van der Waals surface area contributed by atoms with E-state index in [1.165, 1.54) is 11.1 Å². The second-order valence-electron chi connectivity index (χ2n) is 7.74. The van der Waals surface area contributed by atoms with Gasteiger partial charge in [-0.15, -0.1) is 0 Å². The molecule has 1 aliphatic rings. The van der Waals surface area contributed by atoms with Gasteiger partial charge >= 0.3 is 6.03 Å². The number of carbonyl (C=O) groups is 1. The Hall–Kier alpha value is -2.40. The Labute approximate surface area is 168 Å². The van der Waals surface area contributed by atoms with Crippen LogP contribution < -0.4 is 5.32 Å². The first-order valence-corrected chi connectivity index (χ1v) is 10.3. The summed E-state index contributed by atoms with van der Waals surface area (Å²) in [4.78, 5) is 21.4. The Morgan fingerprint density at radius 3 is 2.82 bits per heavy atom. The van der Waals surface area contributed by atoms with E-state index in [-0.39, 0.29) is 6.03 Å². The van der Waals surface area contributed by atoms with Gasteiger partial charge in [-0.3, -0.25) is 9.88 Å². The van der Waals surface area contributed by atoms with Gasteiger partial charge in [0, 0.05) is 32.4 Å². The number of hydrogen-bond donors (Lipinski definition) is 1. The molecule has 3 rings (SSSR count). The Bertz CT molecular complexity index is 749. The average molecular weight is 381 g/mol. The summed E-state index contributed by atoms with van der Waals surface area (Å²) in [6, 6.07) is 14.4. The van der Waals surface area contributed by atoms with Crippen molar-refractivity contribution in [3.8, 4) is 0 Å². The molecule has 0 bridgehead atoms. The number of urea groups is 1. The smallest absolute Gasteiger partial charge is 0.317 e. The Morgan fingerprint density at radius 2 is 2.07 bits per heavy atom. The second kappa shape index (κ2) is 10.2. The number of rotatable bonds is 8. The number of amides is 2. The average Bonchev–Trinajstić information content (AvgIpc) is 3.16. The molecule has 5 nitrogen and oxygen atoms in total. The van der Waals surface area contributed by atoms with E-state index in [1.807, 2.05) is 23.1 Å². The molecule has 28 heavy (non-hydrogen) atoms. The number of nitrogens with one attached hydrogen (secondary N) is 1. The third-order valence-electron chi connectivity index (χ3n) is 5.43. The fourth-order valence-electron chi connectivity index (χ4n) is 3.80. The summed E-state index contributed by atoms with van der Waals surface area (Å²) >= 11 is 0. The zero-order valence-corrected chi connectivity index (χ0v) is 17.1. The van der Waals surface area contributed by atoms with Crippen LogP contribution >= 0.6 is 0 Å². The van der Waals surface area contributed by atoms with Crippen LogP contribution in [0.3, 0.4) is 0 Å². The minimum atomic E-state index is 0.0184. The lowest BCUT2D eigenvalue weighted by atomic mass is 10.1. The van der Waals surface area contributed by atoms with Crippen molar-refractivity contribution in [2.24, 2.45) is 5.92 Å². The molecule has 0 unspecified atom stereocenters. The van der Waals surface area contributed by atoms with Crippen molar-refractivity contribution in [1.29, 1.82) is 0 Å². The predicted octanol–water partition coefficient (Wildman–Crippen LogP) is 3.83. The summed E-state index contributed by atoms with van der Waals surface area (Å²) in [5, 5.41) is 3.16. The largest absolute Gasteiger partial charge is 0.338 e. The van der Waals surface area contributed by atoms with Crippen molar-refractivity contribution in [3.63, 3.8) is 0 Å². The van der Waals surface area contributed by atoms with Gasteiger partial charge in [0.15, 0.2) is 0 Å². The fraction of sp³-hybridized carbons (Fsp3) is 0.478. The molecule has 1 saturated heterocycles. The molecule has 2 aromatic rings. The molecule has 1 atom stereocenters. The standard InChI is InChI=1S/C23H32N4O/c1-3-13-27(18-22-10-6-7-12-24-22)23(28)25-15-20-11-14-26(16-20)17-21-9-5-4-8-19(21)2/h4-10,12,20H,3,11,13-18H2,1-2H3,(H,25,28)/t20-/m0/s1. The van der Waals surface area contributed by atoms with Crippen LogP contribution in [0.1, 0.15) is 36.6 Å². The van der Waals surface area contributed by atoms with E-state index in [4.69, 9.17) is 0 Å². The number of aromatic nitrogens is 1. The molecule has 1 aromatic carbocycles. The van der Waals surface area contributed by atoms with Crippen molar-refractivity contribution < 1.29 is 4.79 Å². The number of pyridine rings is 1. The first-order valence-electron chi connectivity index (χ1n) is 10.3. The van der Waals surface area contributed by atoms with Crippen LogP contribution in [0.5, 0.6) is 0 Å². The molecule has 2 heterocycles. The van der Waals surface area contributed by atoms with Crippen molar-refractivity contribution in [2.45, 2.75) is 39.8 Å². The summed E-state index contributed by atoms with van der Waals surface area (Å²) in [6.07, 6.45) is 3.85. The Balaban J connectivity index is 1.46. The van der Waals surface area contributed by atoms with Gasteiger partial charge in [0.2, 0.25) is 0 Å². The molecule has 1 aliphatic heterocycles. The van der Waals surface area contributed by atoms with Gasteiger partial charge in [0.05, 0.1) is 12.2 Å². The van der Waals surface area contributed by atoms with Crippen LogP contribution in [0.25, 0.3) is 0 Å². The summed E-state index contributed by atoms with van der Waals surface area (Å²) in [5.74, 6) is 0.520. The lowest BCUT2D eigenvalue weighted by Crippen LogP contribution is -2.42. The van der Waals surface area contributed by atoms with E-state index < -0.39 is 0 Å². The van der Waals surface area contributed by atoms with E-state index >= 15 is 0 Å². The van der Waals surface area contributed by atoms with Gasteiger partial charge in [0.1, 0.15) is 0 Å². The molecular formula is C23H32N4O. The van der Waals surface area contributed by atoms with Gasteiger partial charge in [-0.25, -0.2) is 4.79 Å².